The van der Waals surface area contributed by atoms with Gasteiger partial charge in [0.2, 0.25) is 6.23 Å². The summed E-state index contributed by atoms with van der Waals surface area (Å²) in [6, 6.07) is 0. The van der Waals surface area contributed by atoms with Crippen molar-refractivity contribution in [2.45, 2.75) is 25.5 Å². The van der Waals surface area contributed by atoms with E-state index in [-0.39, 0.29) is 18.1 Å². The molecule has 1 fully saturated rings. The van der Waals surface area contributed by atoms with E-state index in [2.05, 4.69) is 19.2 Å². The fraction of sp³-hybridized carbons (Fsp3) is 0.400. The third-order valence-corrected chi connectivity index (χ3v) is 3.71. The molecule has 0 spiro atoms. The molecule has 0 amide bonds. The maximum Gasteiger partial charge on any atom is 0.317 e. The highest BCUT2D eigenvalue weighted by atomic mass is 16.6. The Morgan fingerprint density at radius 3 is 2.78 bits per heavy atom. The van der Waals surface area contributed by atoms with E-state index in [0.29, 0.717) is 4.48 Å². The molecule has 2 rings (SSSR count). The Hall–Kier alpha value is -1.61. The molecule has 0 radical (unpaired) electrons. The molecule has 0 aromatic carbocycles. The number of allylic oxidation sites excluding steroid dienone is 2. The minimum atomic E-state index is -0.166. The number of hydrogen-bond acceptors (Lipinski definition) is 2. The van der Waals surface area contributed by atoms with E-state index in [1.165, 1.54) is 0 Å². The Morgan fingerprint density at radius 2 is 2.17 bits per heavy atom. The van der Waals surface area contributed by atoms with Crippen LogP contribution in [0.3, 0.4) is 0 Å². The van der Waals surface area contributed by atoms with Gasteiger partial charge in [-0.05, 0) is 31.6 Å². The van der Waals surface area contributed by atoms with E-state index in [4.69, 9.17) is 4.74 Å². The molecule has 2 aliphatic heterocycles. The first-order chi connectivity index (χ1) is 8.72. The number of carbonyl (C=O) groups is 1. The van der Waals surface area contributed by atoms with Gasteiger partial charge in [-0.15, -0.1) is 6.58 Å². The molecule has 3 nitrogen and oxygen atoms in total. The van der Waals surface area contributed by atoms with Crippen molar-refractivity contribution in [3.05, 3.63) is 49.9 Å². The second-order valence-electron chi connectivity index (χ2n) is 4.79. The molecule has 18 heavy (non-hydrogen) atoms. The molecule has 3 unspecified atom stereocenters. The Labute approximate surface area is 108 Å². The maximum absolute atomic E-state index is 12.0. The van der Waals surface area contributed by atoms with Gasteiger partial charge in [-0.25, -0.2) is 4.48 Å². The molecule has 3 heteroatoms. The van der Waals surface area contributed by atoms with E-state index >= 15 is 0 Å². The van der Waals surface area contributed by atoms with Gasteiger partial charge in [0, 0.05) is 6.42 Å². The van der Waals surface area contributed by atoms with Crippen LogP contribution in [0.1, 0.15) is 19.3 Å². The maximum atomic E-state index is 12.0. The third kappa shape index (κ3) is 2.31. The molecule has 0 aromatic rings. The summed E-state index contributed by atoms with van der Waals surface area (Å²) in [5.41, 5.74) is 0. The zero-order valence-corrected chi connectivity index (χ0v) is 10.6. The highest BCUT2D eigenvalue weighted by molar-refractivity contribution is 5.74. The van der Waals surface area contributed by atoms with Crippen molar-refractivity contribution in [2.24, 2.45) is 5.92 Å². The van der Waals surface area contributed by atoms with E-state index in [0.717, 1.165) is 25.8 Å². The van der Waals surface area contributed by atoms with Gasteiger partial charge in [0.05, 0.1) is 12.1 Å². The number of rotatable bonds is 3. The summed E-state index contributed by atoms with van der Waals surface area (Å²) in [5, 5.41) is 0. The number of quaternary nitrogens is 1. The number of nitrogens with zero attached hydrogens (tertiary/aromatic N) is 1. The summed E-state index contributed by atoms with van der Waals surface area (Å²) >= 11 is 0. The number of ether oxygens (including phenoxy) is 1. The van der Waals surface area contributed by atoms with E-state index in [9.17, 15) is 4.79 Å². The number of carbonyl (C=O) groups excluding carboxylic acids is 1. The lowest BCUT2D eigenvalue weighted by atomic mass is 10.0. The number of cyclic esters (lactones) is 1. The van der Waals surface area contributed by atoms with Crippen LogP contribution >= 0.6 is 0 Å². The summed E-state index contributed by atoms with van der Waals surface area (Å²) in [5.74, 6) is -0.320. The normalized spacial score (nSPS) is 35.7. The van der Waals surface area contributed by atoms with Gasteiger partial charge >= 0.3 is 5.97 Å². The van der Waals surface area contributed by atoms with Gasteiger partial charge in [-0.3, -0.25) is 4.79 Å². The molecule has 0 aromatic heterocycles. The van der Waals surface area contributed by atoms with Crippen LogP contribution in [0.15, 0.2) is 49.9 Å². The Balaban J connectivity index is 2.19. The van der Waals surface area contributed by atoms with Crippen LogP contribution in [0.5, 0.6) is 0 Å². The minimum Gasteiger partial charge on any atom is -0.411 e. The molecule has 3 atom stereocenters. The van der Waals surface area contributed by atoms with Crippen LogP contribution in [0.2, 0.25) is 0 Å². The van der Waals surface area contributed by atoms with Crippen LogP contribution in [0.25, 0.3) is 0 Å². The SMILES string of the molecule is C=CC1CCCC([N+]2(C=C)C=CC=CC2)OC1=O. The Morgan fingerprint density at radius 1 is 1.33 bits per heavy atom. The predicted octanol–water partition coefficient (Wildman–Crippen LogP) is 2.89. The highest BCUT2D eigenvalue weighted by Crippen LogP contribution is 2.29. The van der Waals surface area contributed by atoms with Crippen LogP contribution in [-0.4, -0.2) is 23.2 Å². The fourth-order valence-corrected chi connectivity index (χ4v) is 2.52. The van der Waals surface area contributed by atoms with E-state index in [1.807, 2.05) is 24.6 Å². The Kier molecular flexibility index (Phi) is 3.82. The van der Waals surface area contributed by atoms with E-state index in [1.54, 1.807) is 6.08 Å². The van der Waals surface area contributed by atoms with Gasteiger partial charge in [0.1, 0.15) is 12.7 Å². The molecule has 0 bridgehead atoms. The third-order valence-electron chi connectivity index (χ3n) is 3.71. The van der Waals surface area contributed by atoms with Gasteiger partial charge in [-0.1, -0.05) is 12.2 Å². The van der Waals surface area contributed by atoms with Gasteiger partial charge in [0.25, 0.3) is 0 Å². The van der Waals surface area contributed by atoms with Crippen molar-refractivity contribution >= 4 is 5.97 Å². The van der Waals surface area contributed by atoms with Crippen molar-refractivity contribution in [3.63, 3.8) is 0 Å². The molecule has 0 aliphatic carbocycles. The summed E-state index contributed by atoms with van der Waals surface area (Å²) in [7, 11) is 0. The second-order valence-corrected chi connectivity index (χ2v) is 4.79. The molecule has 2 heterocycles. The molecular weight excluding hydrogens is 226 g/mol. The summed E-state index contributed by atoms with van der Waals surface area (Å²) in [6.45, 7) is 8.39. The molecule has 0 saturated carbocycles. The average Bonchev–Trinajstić information content (AvgIpc) is 2.61. The van der Waals surface area contributed by atoms with E-state index < -0.39 is 0 Å². The lowest BCUT2D eigenvalue weighted by Crippen LogP contribution is -2.49. The first kappa shape index (κ1) is 12.8. The molecular formula is C15H20NO2+. The zero-order valence-electron chi connectivity index (χ0n) is 10.6. The second kappa shape index (κ2) is 5.36. The summed E-state index contributed by atoms with van der Waals surface area (Å²) in [4.78, 5) is 12.0. The average molecular weight is 246 g/mol. The van der Waals surface area contributed by atoms with Crippen LogP contribution in [-0.2, 0) is 9.53 Å². The monoisotopic (exact) mass is 246 g/mol. The molecule has 0 N–H and O–H groups in total. The highest BCUT2D eigenvalue weighted by Gasteiger charge is 2.38. The molecule has 96 valence electrons. The van der Waals surface area contributed by atoms with Crippen molar-refractivity contribution < 1.29 is 14.0 Å². The largest absolute Gasteiger partial charge is 0.411 e. The minimum absolute atomic E-state index is 0.158. The molecule has 2 aliphatic rings. The van der Waals surface area contributed by atoms with Crippen molar-refractivity contribution in [3.8, 4) is 0 Å². The van der Waals surface area contributed by atoms with Crippen LogP contribution in [0.4, 0.5) is 0 Å². The van der Waals surface area contributed by atoms with Crippen molar-refractivity contribution in [1.82, 2.24) is 0 Å². The van der Waals surface area contributed by atoms with Crippen LogP contribution < -0.4 is 0 Å². The van der Waals surface area contributed by atoms with Crippen molar-refractivity contribution in [2.75, 3.05) is 6.54 Å². The number of hydrogen-bond donors (Lipinski definition) is 0. The smallest absolute Gasteiger partial charge is 0.317 e. The summed E-state index contributed by atoms with van der Waals surface area (Å²) in [6.07, 6.45) is 14.1. The van der Waals surface area contributed by atoms with Gasteiger partial charge in [-0.2, -0.15) is 0 Å². The first-order valence-electron chi connectivity index (χ1n) is 6.40. The Bertz CT molecular complexity index is 411. The first-order valence-corrected chi connectivity index (χ1v) is 6.40. The fourth-order valence-electron chi connectivity index (χ4n) is 2.52. The van der Waals surface area contributed by atoms with Crippen molar-refractivity contribution in [1.29, 1.82) is 0 Å². The standard InChI is InChI=1S/C15H20NO2/c1-3-13-9-8-10-14(18-15(13)17)16(4-2)11-6-5-7-12-16/h3-7,11,13-14H,1-2,8-10,12H2/q+1. The number of esters is 1. The quantitative estimate of drug-likeness (QED) is 0.435. The topological polar surface area (TPSA) is 26.3 Å². The van der Waals surface area contributed by atoms with Gasteiger partial charge < -0.3 is 4.74 Å². The lowest BCUT2D eigenvalue weighted by Gasteiger charge is -2.37. The van der Waals surface area contributed by atoms with Gasteiger partial charge in [0.15, 0.2) is 0 Å². The van der Waals surface area contributed by atoms with Crippen LogP contribution in [0, 0.1) is 5.92 Å². The predicted molar refractivity (Wildman–Crippen MR) is 71.0 cm³/mol. The molecule has 1 saturated heterocycles. The zero-order chi connectivity index (χ0) is 13.0. The lowest BCUT2D eigenvalue weighted by molar-refractivity contribution is -0.872. The summed E-state index contributed by atoms with van der Waals surface area (Å²) < 4.78 is 6.15.